The molecule has 0 atom stereocenters. The molecule has 0 saturated carbocycles. The van der Waals surface area contributed by atoms with Gasteiger partial charge in [0.2, 0.25) is 5.88 Å². The van der Waals surface area contributed by atoms with Gasteiger partial charge in [-0.15, -0.1) is 0 Å². The lowest BCUT2D eigenvalue weighted by molar-refractivity contribution is 0.105. The second-order valence-electron chi connectivity index (χ2n) is 2.70. The Morgan fingerprint density at radius 2 is 2.06 bits per heavy atom. The number of pyridine rings is 1. The lowest BCUT2D eigenvalue weighted by atomic mass is 10.2. The Hall–Kier alpha value is -1.43. The maximum atomic E-state index is 12.7. The molecule has 0 unspecified atom stereocenters. The van der Waals surface area contributed by atoms with E-state index in [1.54, 1.807) is 0 Å². The Morgan fingerprint density at radius 1 is 1.44 bits per heavy atom. The van der Waals surface area contributed by atoms with E-state index in [-0.39, 0.29) is 11.6 Å². The number of rotatable bonds is 4. The molecule has 0 fully saturated rings. The van der Waals surface area contributed by atoms with Crippen molar-refractivity contribution in [3.8, 4) is 11.6 Å². The Balaban J connectivity index is 3.47. The summed E-state index contributed by atoms with van der Waals surface area (Å²) in [4.78, 5) is 14.5. The maximum Gasteiger partial charge on any atom is 0.271 e. The third-order valence-corrected chi connectivity index (χ3v) is 2.01. The van der Waals surface area contributed by atoms with Crippen LogP contribution in [0.15, 0.2) is 6.07 Å². The number of alkyl halides is 2. The van der Waals surface area contributed by atoms with Gasteiger partial charge in [-0.3, -0.25) is 4.79 Å². The fraction of sp³-hybridized carbons (Fsp3) is 0.333. The van der Waals surface area contributed by atoms with Crippen LogP contribution in [0, 0.1) is 0 Å². The normalized spacial score (nSPS) is 10.4. The van der Waals surface area contributed by atoms with Crippen molar-refractivity contribution in [2.75, 3.05) is 14.2 Å². The molecule has 1 aromatic heterocycles. The standard InChI is InChI=1S/C9H8ClF2NO3/c1-15-4-3-5(16-2)13-7(8(10)14)6(4)9(11)12/h3,9H,1-2H3. The summed E-state index contributed by atoms with van der Waals surface area (Å²) in [7, 11) is 2.48. The zero-order valence-electron chi connectivity index (χ0n) is 8.46. The molecule has 16 heavy (non-hydrogen) atoms. The molecule has 7 heteroatoms. The minimum absolute atomic E-state index is 0.0229. The van der Waals surface area contributed by atoms with Crippen molar-refractivity contribution in [2.24, 2.45) is 0 Å². The fourth-order valence-electron chi connectivity index (χ4n) is 1.14. The van der Waals surface area contributed by atoms with Crippen molar-refractivity contribution < 1.29 is 23.0 Å². The highest BCUT2D eigenvalue weighted by Gasteiger charge is 2.25. The van der Waals surface area contributed by atoms with E-state index in [9.17, 15) is 13.6 Å². The lowest BCUT2D eigenvalue weighted by Crippen LogP contribution is -2.06. The number of ether oxygens (including phenoxy) is 2. The average Bonchev–Trinajstić information content (AvgIpc) is 2.26. The molecule has 0 spiro atoms. The van der Waals surface area contributed by atoms with E-state index in [0.29, 0.717) is 0 Å². The highest BCUT2D eigenvalue weighted by molar-refractivity contribution is 6.67. The molecule has 88 valence electrons. The summed E-state index contributed by atoms with van der Waals surface area (Å²) in [6.07, 6.45) is -2.91. The average molecular weight is 252 g/mol. The number of hydrogen-bond donors (Lipinski definition) is 0. The van der Waals surface area contributed by atoms with E-state index in [1.807, 2.05) is 0 Å². The van der Waals surface area contributed by atoms with Crippen LogP contribution in [0.1, 0.15) is 22.5 Å². The third-order valence-electron chi connectivity index (χ3n) is 1.83. The first kappa shape index (κ1) is 12.6. The first-order valence-corrected chi connectivity index (χ1v) is 4.50. The predicted molar refractivity (Wildman–Crippen MR) is 52.5 cm³/mol. The molecule has 0 aliphatic heterocycles. The number of hydrogen-bond acceptors (Lipinski definition) is 4. The number of aromatic nitrogens is 1. The second kappa shape index (κ2) is 5.07. The highest BCUT2D eigenvalue weighted by Crippen LogP contribution is 2.34. The molecule has 1 rings (SSSR count). The summed E-state index contributed by atoms with van der Waals surface area (Å²) < 4.78 is 34.9. The molecule has 0 aliphatic carbocycles. The number of halogens is 3. The Kier molecular flexibility index (Phi) is 4.00. The van der Waals surface area contributed by atoms with E-state index in [4.69, 9.17) is 21.1 Å². The number of carbonyl (C=O) groups excluding carboxylic acids is 1. The van der Waals surface area contributed by atoms with Crippen LogP contribution in [-0.2, 0) is 0 Å². The monoisotopic (exact) mass is 251 g/mol. The van der Waals surface area contributed by atoms with E-state index in [0.717, 1.165) is 6.07 Å². The highest BCUT2D eigenvalue weighted by atomic mass is 35.5. The molecular formula is C9H8ClF2NO3. The van der Waals surface area contributed by atoms with Gasteiger partial charge in [-0.2, -0.15) is 0 Å². The van der Waals surface area contributed by atoms with Gasteiger partial charge in [-0.05, 0) is 11.6 Å². The van der Waals surface area contributed by atoms with Crippen molar-refractivity contribution in [2.45, 2.75) is 6.43 Å². The van der Waals surface area contributed by atoms with E-state index < -0.39 is 22.9 Å². The van der Waals surface area contributed by atoms with Crippen LogP contribution < -0.4 is 9.47 Å². The summed E-state index contributed by atoms with van der Waals surface area (Å²) in [6, 6.07) is 1.16. The maximum absolute atomic E-state index is 12.7. The van der Waals surface area contributed by atoms with Gasteiger partial charge >= 0.3 is 0 Å². The van der Waals surface area contributed by atoms with Crippen LogP contribution in [0.2, 0.25) is 0 Å². The molecule has 0 aromatic carbocycles. The van der Waals surface area contributed by atoms with Crippen LogP contribution >= 0.6 is 11.6 Å². The fourth-order valence-corrected chi connectivity index (χ4v) is 1.29. The lowest BCUT2D eigenvalue weighted by Gasteiger charge is -2.11. The summed E-state index contributed by atoms with van der Waals surface area (Å²) >= 11 is 5.16. The molecule has 0 radical (unpaired) electrons. The van der Waals surface area contributed by atoms with Crippen molar-refractivity contribution >= 4 is 16.8 Å². The smallest absolute Gasteiger partial charge is 0.271 e. The van der Waals surface area contributed by atoms with Crippen LogP contribution in [0.4, 0.5) is 8.78 Å². The van der Waals surface area contributed by atoms with Crippen molar-refractivity contribution in [3.63, 3.8) is 0 Å². The predicted octanol–water partition coefficient (Wildman–Crippen LogP) is 2.42. The van der Waals surface area contributed by atoms with Gasteiger partial charge in [-0.25, -0.2) is 13.8 Å². The summed E-state index contributed by atoms with van der Waals surface area (Å²) in [5.74, 6) is -0.212. The SMILES string of the molecule is COc1cc(OC)c(C(F)F)c(C(=O)Cl)n1. The zero-order valence-corrected chi connectivity index (χ0v) is 9.22. The number of carbonyl (C=O) groups is 1. The molecule has 0 aliphatic rings. The topological polar surface area (TPSA) is 48.4 Å². The molecule has 1 aromatic rings. The summed E-state index contributed by atoms with van der Waals surface area (Å²) in [6.45, 7) is 0. The van der Waals surface area contributed by atoms with E-state index in [2.05, 4.69) is 4.98 Å². The molecule has 0 N–H and O–H groups in total. The quantitative estimate of drug-likeness (QED) is 0.771. The number of methoxy groups -OCH3 is 2. The van der Waals surface area contributed by atoms with Crippen LogP contribution in [-0.4, -0.2) is 24.4 Å². The Labute approximate surface area is 95.1 Å². The van der Waals surface area contributed by atoms with Crippen molar-refractivity contribution in [3.05, 3.63) is 17.3 Å². The van der Waals surface area contributed by atoms with E-state index >= 15 is 0 Å². The van der Waals surface area contributed by atoms with Gasteiger partial charge in [-0.1, -0.05) is 0 Å². The number of nitrogens with zero attached hydrogens (tertiary/aromatic N) is 1. The molecule has 0 saturated heterocycles. The molecule has 0 amide bonds. The van der Waals surface area contributed by atoms with Gasteiger partial charge in [0.15, 0.2) is 0 Å². The van der Waals surface area contributed by atoms with Crippen LogP contribution in [0.5, 0.6) is 11.6 Å². The molecular weight excluding hydrogens is 244 g/mol. The van der Waals surface area contributed by atoms with Crippen LogP contribution in [0.25, 0.3) is 0 Å². The molecule has 0 bridgehead atoms. The first-order chi connectivity index (χ1) is 7.51. The van der Waals surface area contributed by atoms with Gasteiger partial charge < -0.3 is 9.47 Å². The first-order valence-electron chi connectivity index (χ1n) is 4.12. The largest absolute Gasteiger partial charge is 0.496 e. The summed E-state index contributed by atoms with van der Waals surface area (Å²) in [5, 5.41) is -1.09. The minimum atomic E-state index is -2.91. The van der Waals surface area contributed by atoms with Gasteiger partial charge in [0.05, 0.1) is 19.8 Å². The molecule has 4 nitrogen and oxygen atoms in total. The van der Waals surface area contributed by atoms with Gasteiger partial charge in [0.1, 0.15) is 11.4 Å². The minimum Gasteiger partial charge on any atom is -0.496 e. The second-order valence-corrected chi connectivity index (χ2v) is 3.05. The van der Waals surface area contributed by atoms with Crippen molar-refractivity contribution in [1.82, 2.24) is 4.98 Å². The molecule has 1 heterocycles. The Bertz CT molecular complexity index is 412. The van der Waals surface area contributed by atoms with Gasteiger partial charge in [0.25, 0.3) is 11.7 Å². The summed E-state index contributed by atoms with van der Waals surface area (Å²) in [5.41, 5.74) is -1.20. The van der Waals surface area contributed by atoms with Gasteiger partial charge in [0, 0.05) is 6.07 Å². The zero-order chi connectivity index (χ0) is 12.3. The van der Waals surface area contributed by atoms with Crippen LogP contribution in [0.3, 0.4) is 0 Å². The van der Waals surface area contributed by atoms with Crippen molar-refractivity contribution in [1.29, 1.82) is 0 Å². The third kappa shape index (κ3) is 2.38. The Morgan fingerprint density at radius 3 is 2.44 bits per heavy atom. The van der Waals surface area contributed by atoms with E-state index in [1.165, 1.54) is 14.2 Å².